The molecule has 3 rings (SSSR count). The second kappa shape index (κ2) is 4.81. The molecule has 19 heavy (non-hydrogen) atoms. The van der Waals surface area contributed by atoms with Crippen LogP contribution in [-0.4, -0.2) is 34.1 Å². The molecule has 1 saturated heterocycles. The number of H-pyrrole nitrogens is 1. The molecule has 1 aliphatic rings. The minimum Gasteiger partial charge on any atom is -0.337 e. The molecule has 1 unspecified atom stereocenters. The zero-order valence-corrected chi connectivity index (χ0v) is 12.0. The van der Waals surface area contributed by atoms with Gasteiger partial charge in [-0.25, -0.2) is 0 Å². The fraction of sp³-hybridized carbons (Fsp3) is 0.429. The van der Waals surface area contributed by atoms with Crippen molar-refractivity contribution in [1.29, 1.82) is 0 Å². The normalized spacial score (nSPS) is 19.1. The van der Waals surface area contributed by atoms with E-state index < -0.39 is 0 Å². The maximum atomic E-state index is 12.4. The van der Waals surface area contributed by atoms with Crippen LogP contribution in [0.15, 0.2) is 17.6 Å². The molecule has 2 aromatic heterocycles. The van der Waals surface area contributed by atoms with Crippen LogP contribution < -0.4 is 0 Å². The van der Waals surface area contributed by atoms with Crippen molar-refractivity contribution in [3.8, 4) is 0 Å². The first kappa shape index (κ1) is 12.4. The van der Waals surface area contributed by atoms with Crippen LogP contribution in [0.4, 0.5) is 0 Å². The molecule has 1 amide bonds. The number of thiophene rings is 1. The summed E-state index contributed by atoms with van der Waals surface area (Å²) in [5, 5.41) is 9.12. The third-order valence-electron chi connectivity index (χ3n) is 3.81. The summed E-state index contributed by atoms with van der Waals surface area (Å²) in [6.45, 7) is 5.68. The molecule has 0 aromatic carbocycles. The smallest absolute Gasteiger partial charge is 0.264 e. The quantitative estimate of drug-likeness (QED) is 0.916. The highest BCUT2D eigenvalue weighted by molar-refractivity contribution is 7.12. The fourth-order valence-corrected chi connectivity index (χ4v) is 3.58. The number of hydrogen-bond acceptors (Lipinski definition) is 3. The minimum atomic E-state index is 0.173. The number of hydrogen-bond donors (Lipinski definition) is 1. The van der Waals surface area contributed by atoms with Crippen LogP contribution in [-0.2, 0) is 0 Å². The molecule has 4 nitrogen and oxygen atoms in total. The second-order valence-corrected chi connectivity index (χ2v) is 6.05. The summed E-state index contributed by atoms with van der Waals surface area (Å²) < 4.78 is 0. The number of aromatic nitrogens is 2. The summed E-state index contributed by atoms with van der Waals surface area (Å²) in [6.07, 6.45) is 2.86. The Bertz CT molecular complexity index is 601. The maximum Gasteiger partial charge on any atom is 0.264 e. The molecule has 3 heterocycles. The van der Waals surface area contributed by atoms with E-state index in [0.29, 0.717) is 5.92 Å². The van der Waals surface area contributed by atoms with Crippen LogP contribution in [0.2, 0.25) is 0 Å². The lowest BCUT2D eigenvalue weighted by Gasteiger charge is -2.16. The van der Waals surface area contributed by atoms with Gasteiger partial charge in [0.2, 0.25) is 0 Å². The van der Waals surface area contributed by atoms with E-state index >= 15 is 0 Å². The summed E-state index contributed by atoms with van der Waals surface area (Å²) in [7, 11) is 0. The van der Waals surface area contributed by atoms with Crippen LogP contribution in [0.5, 0.6) is 0 Å². The van der Waals surface area contributed by atoms with Crippen LogP contribution in [0, 0.1) is 13.8 Å². The van der Waals surface area contributed by atoms with Crippen LogP contribution >= 0.6 is 11.3 Å². The minimum absolute atomic E-state index is 0.173. The zero-order chi connectivity index (χ0) is 13.4. The van der Waals surface area contributed by atoms with Gasteiger partial charge in [-0.15, -0.1) is 11.3 Å². The van der Waals surface area contributed by atoms with E-state index in [4.69, 9.17) is 0 Å². The number of carbonyl (C=O) groups is 1. The highest BCUT2D eigenvalue weighted by atomic mass is 32.1. The average Bonchev–Trinajstić information content (AvgIpc) is 3.08. The molecule has 0 aliphatic carbocycles. The summed E-state index contributed by atoms with van der Waals surface area (Å²) in [4.78, 5) is 15.3. The Morgan fingerprint density at radius 1 is 1.47 bits per heavy atom. The van der Waals surface area contributed by atoms with Gasteiger partial charge >= 0.3 is 0 Å². The zero-order valence-electron chi connectivity index (χ0n) is 11.1. The molecule has 1 atom stereocenters. The lowest BCUT2D eigenvalue weighted by atomic mass is 10.0. The van der Waals surface area contributed by atoms with Gasteiger partial charge in [0.05, 0.1) is 11.1 Å². The van der Waals surface area contributed by atoms with Gasteiger partial charge in [-0.1, -0.05) is 0 Å². The van der Waals surface area contributed by atoms with Crippen LogP contribution in [0.25, 0.3) is 0 Å². The highest BCUT2D eigenvalue weighted by Crippen LogP contribution is 2.29. The number of nitrogens with one attached hydrogen (secondary N) is 1. The number of carbonyl (C=O) groups excluding carboxylic acids is 1. The molecular formula is C14H17N3OS. The Kier molecular flexibility index (Phi) is 3.14. The molecule has 0 spiro atoms. The van der Waals surface area contributed by atoms with Crippen LogP contribution in [0.1, 0.15) is 38.8 Å². The molecule has 0 saturated carbocycles. The second-order valence-electron chi connectivity index (χ2n) is 5.14. The first-order valence-electron chi connectivity index (χ1n) is 6.50. The Hall–Kier alpha value is -1.62. The predicted molar refractivity (Wildman–Crippen MR) is 75.6 cm³/mol. The molecule has 1 fully saturated rings. The summed E-state index contributed by atoms with van der Waals surface area (Å²) in [6, 6.07) is 2.00. The van der Waals surface area contributed by atoms with E-state index in [1.54, 1.807) is 0 Å². The summed E-state index contributed by atoms with van der Waals surface area (Å²) >= 11 is 1.53. The molecule has 1 aliphatic heterocycles. The standard InChI is InChI=1S/C14H17N3OS/c1-9-4-6-19-13(9)14(18)17-5-3-11(8-17)12-10(2)7-15-16-12/h4,6-7,11H,3,5,8H2,1-2H3,(H,15,16). The van der Waals surface area contributed by atoms with Crippen LogP contribution in [0.3, 0.4) is 0 Å². The van der Waals surface area contributed by atoms with Gasteiger partial charge in [-0.3, -0.25) is 9.89 Å². The van der Waals surface area contributed by atoms with Gasteiger partial charge in [0.25, 0.3) is 5.91 Å². The third-order valence-corrected chi connectivity index (χ3v) is 4.81. The van der Waals surface area contributed by atoms with Gasteiger partial charge in [0, 0.05) is 24.7 Å². The number of nitrogens with zero attached hydrogens (tertiary/aromatic N) is 2. The van der Waals surface area contributed by atoms with Crippen molar-refractivity contribution < 1.29 is 4.79 Å². The third kappa shape index (κ3) is 2.18. The first-order chi connectivity index (χ1) is 9.16. The molecule has 1 N–H and O–H groups in total. The largest absolute Gasteiger partial charge is 0.337 e. The molecule has 0 bridgehead atoms. The number of rotatable bonds is 2. The van der Waals surface area contributed by atoms with E-state index in [-0.39, 0.29) is 5.91 Å². The maximum absolute atomic E-state index is 12.4. The molecule has 2 aromatic rings. The molecule has 5 heteroatoms. The van der Waals surface area contributed by atoms with E-state index in [1.807, 2.05) is 29.5 Å². The SMILES string of the molecule is Cc1cn[nH]c1C1CCN(C(=O)c2sccc2C)C1. The number of likely N-dealkylation sites (tertiary alicyclic amines) is 1. The van der Waals surface area contributed by atoms with Crippen molar-refractivity contribution in [3.05, 3.63) is 39.3 Å². The highest BCUT2D eigenvalue weighted by Gasteiger charge is 2.30. The Labute approximate surface area is 116 Å². The van der Waals surface area contributed by atoms with Gasteiger partial charge in [-0.2, -0.15) is 5.10 Å². The average molecular weight is 275 g/mol. The van der Waals surface area contributed by atoms with Crippen molar-refractivity contribution in [2.45, 2.75) is 26.2 Å². The van der Waals surface area contributed by atoms with E-state index in [2.05, 4.69) is 17.1 Å². The number of amides is 1. The van der Waals surface area contributed by atoms with Crippen molar-refractivity contribution in [3.63, 3.8) is 0 Å². The Morgan fingerprint density at radius 2 is 2.32 bits per heavy atom. The van der Waals surface area contributed by atoms with E-state index in [0.717, 1.165) is 30.0 Å². The lowest BCUT2D eigenvalue weighted by molar-refractivity contribution is 0.0795. The van der Waals surface area contributed by atoms with Gasteiger partial charge in [-0.05, 0) is 42.8 Å². The monoisotopic (exact) mass is 275 g/mol. The topological polar surface area (TPSA) is 49.0 Å². The fourth-order valence-electron chi connectivity index (χ4n) is 2.69. The lowest BCUT2D eigenvalue weighted by Crippen LogP contribution is -2.28. The van der Waals surface area contributed by atoms with Crippen molar-refractivity contribution in [1.82, 2.24) is 15.1 Å². The predicted octanol–water partition coefficient (Wildman–Crippen LogP) is 2.72. The number of aryl methyl sites for hydroxylation is 2. The summed E-state index contributed by atoms with van der Waals surface area (Å²) in [5.74, 6) is 0.568. The molecule has 100 valence electrons. The van der Waals surface area contributed by atoms with Gasteiger partial charge in [0.15, 0.2) is 0 Å². The first-order valence-corrected chi connectivity index (χ1v) is 7.38. The van der Waals surface area contributed by atoms with Crippen molar-refractivity contribution in [2.75, 3.05) is 13.1 Å². The Morgan fingerprint density at radius 3 is 2.95 bits per heavy atom. The van der Waals surface area contributed by atoms with Crippen molar-refractivity contribution in [2.24, 2.45) is 0 Å². The van der Waals surface area contributed by atoms with E-state index in [1.165, 1.54) is 22.6 Å². The Balaban J connectivity index is 1.75. The summed E-state index contributed by atoms with van der Waals surface area (Å²) in [5.41, 5.74) is 3.45. The van der Waals surface area contributed by atoms with E-state index in [9.17, 15) is 4.79 Å². The number of aromatic amines is 1. The van der Waals surface area contributed by atoms with Gasteiger partial charge < -0.3 is 4.90 Å². The van der Waals surface area contributed by atoms with Crippen molar-refractivity contribution >= 4 is 17.2 Å². The van der Waals surface area contributed by atoms with Gasteiger partial charge in [0.1, 0.15) is 0 Å². The molecule has 0 radical (unpaired) electrons. The molecular weight excluding hydrogens is 258 g/mol.